The Labute approximate surface area is 187 Å². The van der Waals surface area contributed by atoms with Gasteiger partial charge in [0.15, 0.2) is 0 Å². The van der Waals surface area contributed by atoms with Gasteiger partial charge in [-0.2, -0.15) is 0 Å². The molecule has 2 aromatic heterocycles. The Morgan fingerprint density at radius 1 is 0.906 bits per heavy atom. The first kappa shape index (κ1) is 20.5. The van der Waals surface area contributed by atoms with Crippen LogP contribution >= 0.6 is 0 Å². The molecule has 0 amide bonds. The van der Waals surface area contributed by atoms with Gasteiger partial charge in [0.1, 0.15) is 23.3 Å². The first-order chi connectivity index (χ1) is 15.7. The molecule has 5 rings (SSSR count). The molecule has 0 spiro atoms. The van der Waals surface area contributed by atoms with E-state index in [1.54, 1.807) is 14.2 Å². The smallest absolute Gasteiger partial charge is 0.121 e. The topological polar surface area (TPSA) is 61.1 Å². The summed E-state index contributed by atoms with van der Waals surface area (Å²) in [4.78, 5) is 2.40. The van der Waals surface area contributed by atoms with Crippen LogP contribution < -0.4 is 9.47 Å². The molecular formula is C25H26N4O3. The number of rotatable bonds is 6. The van der Waals surface area contributed by atoms with E-state index in [2.05, 4.69) is 39.5 Å². The highest BCUT2D eigenvalue weighted by Crippen LogP contribution is 2.28. The van der Waals surface area contributed by atoms with Crippen LogP contribution in [0.4, 0.5) is 0 Å². The van der Waals surface area contributed by atoms with Crippen molar-refractivity contribution in [3.63, 3.8) is 0 Å². The number of ether oxygens (including phenoxy) is 3. The number of morpholine rings is 1. The van der Waals surface area contributed by atoms with Gasteiger partial charge in [-0.15, -0.1) is 5.10 Å². The minimum atomic E-state index is -0.105. The molecule has 7 heteroatoms. The molecule has 1 aliphatic rings. The third kappa shape index (κ3) is 4.17. The Hall–Kier alpha value is -3.42. The quantitative estimate of drug-likeness (QED) is 0.461. The first-order valence-electron chi connectivity index (χ1n) is 10.7. The second-order valence-corrected chi connectivity index (χ2v) is 7.89. The fourth-order valence-electron chi connectivity index (χ4n) is 4.10. The zero-order chi connectivity index (χ0) is 21.9. The fourth-order valence-corrected chi connectivity index (χ4v) is 4.10. The molecule has 1 fully saturated rings. The van der Waals surface area contributed by atoms with Gasteiger partial charge in [0.05, 0.1) is 26.3 Å². The Bertz CT molecular complexity index is 1190. The zero-order valence-electron chi connectivity index (χ0n) is 18.3. The molecule has 1 saturated heterocycles. The van der Waals surface area contributed by atoms with Gasteiger partial charge in [0.2, 0.25) is 0 Å². The van der Waals surface area contributed by atoms with Gasteiger partial charge in [-0.1, -0.05) is 35.5 Å². The molecular weight excluding hydrogens is 404 g/mol. The third-order valence-electron chi connectivity index (χ3n) is 5.88. The second-order valence-electron chi connectivity index (χ2n) is 7.89. The second kappa shape index (κ2) is 8.98. The van der Waals surface area contributed by atoms with Gasteiger partial charge in [0, 0.05) is 31.4 Å². The number of methoxy groups -OCH3 is 2. The van der Waals surface area contributed by atoms with Crippen LogP contribution in [0, 0.1) is 0 Å². The summed E-state index contributed by atoms with van der Waals surface area (Å²) in [5.74, 6) is 1.71. The van der Waals surface area contributed by atoms with Crippen LogP contribution in [0.3, 0.4) is 0 Å². The molecule has 0 aliphatic carbocycles. The van der Waals surface area contributed by atoms with E-state index in [9.17, 15) is 0 Å². The molecule has 1 atom stereocenters. The summed E-state index contributed by atoms with van der Waals surface area (Å²) in [5.41, 5.74) is 5.28. The highest BCUT2D eigenvalue weighted by molar-refractivity contribution is 5.66. The SMILES string of the molecule is COc1ccc(CN2CCO[C@@H](c3nnn4cc(-c5ccc(OC)cc5)ccc34)C2)cc1. The van der Waals surface area contributed by atoms with Crippen molar-refractivity contribution in [1.82, 2.24) is 19.7 Å². The van der Waals surface area contributed by atoms with Crippen LogP contribution in [-0.4, -0.2) is 53.6 Å². The van der Waals surface area contributed by atoms with E-state index in [4.69, 9.17) is 14.2 Å². The summed E-state index contributed by atoms with van der Waals surface area (Å²) >= 11 is 0. The summed E-state index contributed by atoms with van der Waals surface area (Å²) in [6.45, 7) is 3.21. The van der Waals surface area contributed by atoms with Crippen LogP contribution in [-0.2, 0) is 11.3 Å². The average molecular weight is 431 g/mol. The highest BCUT2D eigenvalue weighted by atomic mass is 16.5. The van der Waals surface area contributed by atoms with Crippen molar-refractivity contribution >= 4 is 5.52 Å². The minimum absolute atomic E-state index is 0.105. The number of hydrogen-bond donors (Lipinski definition) is 0. The number of benzene rings is 2. The molecule has 0 saturated carbocycles. The van der Waals surface area contributed by atoms with Crippen molar-refractivity contribution in [2.75, 3.05) is 33.9 Å². The maximum absolute atomic E-state index is 6.08. The van der Waals surface area contributed by atoms with E-state index < -0.39 is 0 Å². The van der Waals surface area contributed by atoms with Crippen molar-refractivity contribution < 1.29 is 14.2 Å². The van der Waals surface area contributed by atoms with Gasteiger partial charge in [0.25, 0.3) is 0 Å². The maximum Gasteiger partial charge on any atom is 0.121 e. The number of fused-ring (bicyclic) bond motifs is 1. The van der Waals surface area contributed by atoms with E-state index in [0.717, 1.165) is 53.5 Å². The Balaban J connectivity index is 1.33. The molecule has 0 N–H and O–H groups in total. The van der Waals surface area contributed by atoms with Gasteiger partial charge in [-0.3, -0.25) is 4.90 Å². The lowest BCUT2D eigenvalue weighted by Crippen LogP contribution is -2.38. The summed E-state index contributed by atoms with van der Waals surface area (Å²) in [6, 6.07) is 20.4. The van der Waals surface area contributed by atoms with E-state index in [1.807, 2.05) is 47.1 Å². The summed E-state index contributed by atoms with van der Waals surface area (Å²) in [7, 11) is 3.36. The average Bonchev–Trinajstić information content (AvgIpc) is 3.28. The van der Waals surface area contributed by atoms with Crippen LogP contribution in [0.1, 0.15) is 17.4 Å². The molecule has 1 aliphatic heterocycles. The van der Waals surface area contributed by atoms with Crippen LogP contribution in [0.2, 0.25) is 0 Å². The van der Waals surface area contributed by atoms with Crippen molar-refractivity contribution in [3.05, 3.63) is 78.1 Å². The number of hydrogen-bond acceptors (Lipinski definition) is 6. The summed E-state index contributed by atoms with van der Waals surface area (Å²) in [6.07, 6.45) is 1.90. The van der Waals surface area contributed by atoms with E-state index in [-0.39, 0.29) is 6.10 Å². The van der Waals surface area contributed by atoms with E-state index >= 15 is 0 Å². The fraction of sp³-hybridized carbons (Fsp3) is 0.280. The van der Waals surface area contributed by atoms with Crippen LogP contribution in [0.15, 0.2) is 66.9 Å². The van der Waals surface area contributed by atoms with Gasteiger partial charge in [-0.05, 0) is 41.5 Å². The molecule has 0 bridgehead atoms. The first-order valence-corrected chi connectivity index (χ1v) is 10.7. The number of aromatic nitrogens is 3. The molecule has 2 aromatic carbocycles. The summed E-state index contributed by atoms with van der Waals surface area (Å²) in [5, 5.41) is 8.84. The van der Waals surface area contributed by atoms with E-state index in [1.165, 1.54) is 5.56 Å². The zero-order valence-corrected chi connectivity index (χ0v) is 18.3. The molecule has 0 radical (unpaired) electrons. The van der Waals surface area contributed by atoms with Crippen molar-refractivity contribution in [1.29, 1.82) is 0 Å². The van der Waals surface area contributed by atoms with E-state index in [0.29, 0.717) is 6.61 Å². The predicted molar refractivity (Wildman–Crippen MR) is 122 cm³/mol. The normalized spacial score (nSPS) is 16.9. The Kier molecular flexibility index (Phi) is 5.75. The minimum Gasteiger partial charge on any atom is -0.497 e. The summed E-state index contributed by atoms with van der Waals surface area (Å²) < 4.78 is 18.4. The monoisotopic (exact) mass is 430 g/mol. The van der Waals surface area contributed by atoms with Crippen molar-refractivity contribution in [2.24, 2.45) is 0 Å². The van der Waals surface area contributed by atoms with Gasteiger partial charge >= 0.3 is 0 Å². The molecule has 7 nitrogen and oxygen atoms in total. The number of pyridine rings is 1. The van der Waals surface area contributed by atoms with Crippen LogP contribution in [0.25, 0.3) is 16.6 Å². The molecule has 3 heterocycles. The molecule has 164 valence electrons. The predicted octanol–water partition coefficient (Wildman–Crippen LogP) is 3.99. The lowest BCUT2D eigenvalue weighted by atomic mass is 10.1. The highest BCUT2D eigenvalue weighted by Gasteiger charge is 2.26. The largest absolute Gasteiger partial charge is 0.497 e. The lowest BCUT2D eigenvalue weighted by Gasteiger charge is -2.32. The standard InChI is InChI=1S/C25H26N4O3/c1-30-21-8-3-18(4-9-21)15-28-13-14-32-24(17-28)25-23-12-7-20(16-29(23)27-26-25)19-5-10-22(31-2)11-6-19/h3-12,16,24H,13-15,17H2,1-2H3/t24-/m1/s1. The van der Waals surface area contributed by atoms with Gasteiger partial charge < -0.3 is 14.2 Å². The lowest BCUT2D eigenvalue weighted by molar-refractivity contribution is -0.0343. The van der Waals surface area contributed by atoms with Crippen LogP contribution in [0.5, 0.6) is 11.5 Å². The molecule has 0 unspecified atom stereocenters. The third-order valence-corrected chi connectivity index (χ3v) is 5.88. The Morgan fingerprint density at radius 2 is 1.59 bits per heavy atom. The van der Waals surface area contributed by atoms with Crippen molar-refractivity contribution in [3.8, 4) is 22.6 Å². The number of nitrogens with zero attached hydrogens (tertiary/aromatic N) is 4. The van der Waals surface area contributed by atoms with Crippen molar-refractivity contribution in [2.45, 2.75) is 12.6 Å². The maximum atomic E-state index is 6.08. The van der Waals surface area contributed by atoms with Gasteiger partial charge in [-0.25, -0.2) is 4.52 Å². The Morgan fingerprint density at radius 3 is 2.31 bits per heavy atom. The molecule has 4 aromatic rings. The molecule has 32 heavy (non-hydrogen) atoms.